The average Bonchev–Trinajstić information content (AvgIpc) is 2.87. The number of aromatic nitrogens is 2. The van der Waals surface area contributed by atoms with E-state index in [-0.39, 0.29) is 5.54 Å². The number of hydrogen-bond acceptors (Lipinski definition) is 3. The van der Waals surface area contributed by atoms with Gasteiger partial charge in [0.1, 0.15) is 0 Å². The van der Waals surface area contributed by atoms with Crippen LogP contribution in [0.25, 0.3) is 10.9 Å². The molecule has 0 aliphatic rings. The molecule has 0 saturated heterocycles. The average molecular weight is 289 g/mol. The van der Waals surface area contributed by atoms with Crippen molar-refractivity contribution in [2.24, 2.45) is 0 Å². The minimum Gasteiger partial charge on any atom is -0.388 e. The van der Waals surface area contributed by atoms with Crippen molar-refractivity contribution in [3.05, 3.63) is 29.5 Å². The van der Waals surface area contributed by atoms with Crippen LogP contribution in [0.1, 0.15) is 51.3 Å². The number of nitrogens with zero attached hydrogens (tertiary/aromatic N) is 2. The molecule has 2 rings (SSSR count). The van der Waals surface area contributed by atoms with Gasteiger partial charge in [0.2, 0.25) is 0 Å². The number of rotatable bonds is 5. The van der Waals surface area contributed by atoms with E-state index in [1.807, 2.05) is 18.3 Å². The van der Waals surface area contributed by atoms with Gasteiger partial charge in [0.15, 0.2) is 0 Å². The molecule has 0 saturated carbocycles. The van der Waals surface area contributed by atoms with Crippen molar-refractivity contribution in [1.29, 1.82) is 0 Å². The molecular weight excluding hydrogens is 262 g/mol. The lowest BCUT2D eigenvalue weighted by atomic mass is 9.97. The van der Waals surface area contributed by atoms with E-state index in [1.54, 1.807) is 0 Å². The molecule has 1 unspecified atom stereocenters. The van der Waals surface area contributed by atoms with Gasteiger partial charge in [-0.2, -0.15) is 5.10 Å². The lowest BCUT2D eigenvalue weighted by Crippen LogP contribution is -2.42. The number of aryl methyl sites for hydroxylation is 1. The predicted molar refractivity (Wildman–Crippen MR) is 87.4 cm³/mol. The lowest BCUT2D eigenvalue weighted by Gasteiger charge is -2.35. The monoisotopic (exact) mass is 289 g/mol. The highest BCUT2D eigenvalue weighted by atomic mass is 16.3. The number of H-pyrrole nitrogens is 1. The molecule has 1 atom stereocenters. The molecule has 0 radical (unpaired) electrons. The van der Waals surface area contributed by atoms with Crippen LogP contribution in [-0.2, 0) is 0 Å². The molecule has 0 bridgehead atoms. The van der Waals surface area contributed by atoms with Crippen molar-refractivity contribution in [2.75, 3.05) is 13.1 Å². The predicted octanol–water partition coefficient (Wildman–Crippen LogP) is 3.42. The summed E-state index contributed by atoms with van der Waals surface area (Å²) < 4.78 is 0. The molecule has 0 amide bonds. The Bertz CT molecular complexity index is 598. The molecular formula is C17H27N3O. The van der Waals surface area contributed by atoms with Crippen LogP contribution in [0, 0.1) is 6.92 Å². The van der Waals surface area contributed by atoms with Gasteiger partial charge in [-0.15, -0.1) is 0 Å². The SMILES string of the molecule is CCN(CCC(O)c1ccc2[nH]ncc2c1C)C(C)(C)C. The summed E-state index contributed by atoms with van der Waals surface area (Å²) in [7, 11) is 0. The van der Waals surface area contributed by atoms with Crippen LogP contribution < -0.4 is 0 Å². The largest absolute Gasteiger partial charge is 0.388 e. The summed E-state index contributed by atoms with van der Waals surface area (Å²) >= 11 is 0. The first-order chi connectivity index (χ1) is 9.84. The quantitative estimate of drug-likeness (QED) is 0.887. The zero-order valence-electron chi connectivity index (χ0n) is 13.8. The number of benzene rings is 1. The first kappa shape index (κ1) is 16.0. The summed E-state index contributed by atoms with van der Waals surface area (Å²) in [6.45, 7) is 12.8. The summed E-state index contributed by atoms with van der Waals surface area (Å²) in [4.78, 5) is 2.39. The van der Waals surface area contributed by atoms with Crippen LogP contribution in [0.5, 0.6) is 0 Å². The van der Waals surface area contributed by atoms with Gasteiger partial charge in [0.05, 0.1) is 17.8 Å². The molecule has 21 heavy (non-hydrogen) atoms. The summed E-state index contributed by atoms with van der Waals surface area (Å²) in [6, 6.07) is 4.00. The van der Waals surface area contributed by atoms with Gasteiger partial charge < -0.3 is 5.11 Å². The maximum Gasteiger partial charge on any atom is 0.0805 e. The van der Waals surface area contributed by atoms with Crippen molar-refractivity contribution in [2.45, 2.75) is 52.7 Å². The fourth-order valence-corrected chi connectivity index (χ4v) is 2.94. The van der Waals surface area contributed by atoms with Crippen molar-refractivity contribution >= 4 is 10.9 Å². The van der Waals surface area contributed by atoms with Gasteiger partial charge in [-0.25, -0.2) is 0 Å². The number of fused-ring (bicyclic) bond motifs is 1. The maximum atomic E-state index is 10.6. The molecule has 4 nitrogen and oxygen atoms in total. The zero-order chi connectivity index (χ0) is 15.6. The first-order valence-electron chi connectivity index (χ1n) is 7.70. The second kappa shape index (κ2) is 6.16. The third kappa shape index (κ3) is 3.44. The topological polar surface area (TPSA) is 52.1 Å². The highest BCUT2D eigenvalue weighted by molar-refractivity contribution is 5.82. The van der Waals surface area contributed by atoms with E-state index in [2.05, 4.69) is 49.7 Å². The highest BCUT2D eigenvalue weighted by Crippen LogP contribution is 2.27. The van der Waals surface area contributed by atoms with Gasteiger partial charge in [-0.1, -0.05) is 13.0 Å². The van der Waals surface area contributed by atoms with Crippen molar-refractivity contribution in [1.82, 2.24) is 15.1 Å². The van der Waals surface area contributed by atoms with Gasteiger partial charge in [0.25, 0.3) is 0 Å². The minimum atomic E-state index is -0.430. The lowest BCUT2D eigenvalue weighted by molar-refractivity contribution is 0.0995. The smallest absolute Gasteiger partial charge is 0.0805 e. The second-order valence-corrected chi connectivity index (χ2v) is 6.67. The number of aromatic amines is 1. The van der Waals surface area contributed by atoms with Crippen LogP contribution in [0.3, 0.4) is 0 Å². The van der Waals surface area contributed by atoms with E-state index in [1.165, 1.54) is 0 Å². The van der Waals surface area contributed by atoms with E-state index < -0.39 is 6.10 Å². The highest BCUT2D eigenvalue weighted by Gasteiger charge is 2.21. The molecule has 116 valence electrons. The first-order valence-corrected chi connectivity index (χ1v) is 7.70. The minimum absolute atomic E-state index is 0.137. The molecule has 0 aliphatic heterocycles. The summed E-state index contributed by atoms with van der Waals surface area (Å²) in [5, 5.41) is 18.7. The molecule has 2 aromatic rings. The number of nitrogens with one attached hydrogen (secondary N) is 1. The molecule has 1 aromatic heterocycles. The Kier molecular flexibility index (Phi) is 4.69. The van der Waals surface area contributed by atoms with Gasteiger partial charge in [0, 0.05) is 17.5 Å². The van der Waals surface area contributed by atoms with Crippen LogP contribution in [0.2, 0.25) is 0 Å². The Hall–Kier alpha value is -1.39. The maximum absolute atomic E-state index is 10.6. The van der Waals surface area contributed by atoms with Crippen LogP contribution in [-0.4, -0.2) is 38.8 Å². The van der Waals surface area contributed by atoms with E-state index in [0.717, 1.165) is 41.5 Å². The van der Waals surface area contributed by atoms with E-state index in [0.29, 0.717) is 0 Å². The van der Waals surface area contributed by atoms with E-state index >= 15 is 0 Å². The second-order valence-electron chi connectivity index (χ2n) is 6.67. The fraction of sp³-hybridized carbons (Fsp3) is 0.588. The van der Waals surface area contributed by atoms with E-state index in [4.69, 9.17) is 0 Å². The Morgan fingerprint density at radius 3 is 2.67 bits per heavy atom. The van der Waals surface area contributed by atoms with Crippen LogP contribution >= 0.6 is 0 Å². The number of aliphatic hydroxyl groups excluding tert-OH is 1. The van der Waals surface area contributed by atoms with Gasteiger partial charge in [-0.05, 0) is 57.9 Å². The summed E-state index contributed by atoms with van der Waals surface area (Å²) in [5.74, 6) is 0. The van der Waals surface area contributed by atoms with Gasteiger partial charge in [-0.3, -0.25) is 10.00 Å². The molecule has 4 heteroatoms. The zero-order valence-corrected chi connectivity index (χ0v) is 13.8. The Labute approximate surface area is 127 Å². The summed E-state index contributed by atoms with van der Waals surface area (Å²) in [6.07, 6.45) is 2.14. The molecule has 0 fully saturated rings. The van der Waals surface area contributed by atoms with Crippen LogP contribution in [0.4, 0.5) is 0 Å². The van der Waals surface area contributed by atoms with Crippen molar-refractivity contribution < 1.29 is 5.11 Å². The van der Waals surface area contributed by atoms with Gasteiger partial charge >= 0.3 is 0 Å². The van der Waals surface area contributed by atoms with E-state index in [9.17, 15) is 5.11 Å². The molecule has 2 N–H and O–H groups in total. The standard InChI is InChI=1S/C17H27N3O/c1-6-20(17(3,4)5)10-9-16(21)13-7-8-15-14(12(13)2)11-18-19-15/h7-8,11,16,21H,6,9-10H2,1-5H3,(H,18,19). The Morgan fingerprint density at radius 2 is 2.05 bits per heavy atom. The fourth-order valence-electron chi connectivity index (χ4n) is 2.94. The number of hydrogen-bond donors (Lipinski definition) is 2. The normalized spacial score (nSPS) is 14.0. The number of aliphatic hydroxyl groups is 1. The molecule has 1 heterocycles. The van der Waals surface area contributed by atoms with Crippen molar-refractivity contribution in [3.8, 4) is 0 Å². The van der Waals surface area contributed by atoms with Crippen molar-refractivity contribution in [3.63, 3.8) is 0 Å². The molecule has 0 spiro atoms. The van der Waals surface area contributed by atoms with Crippen LogP contribution in [0.15, 0.2) is 18.3 Å². The third-order valence-electron chi connectivity index (χ3n) is 4.30. The Balaban J connectivity index is 2.11. The Morgan fingerprint density at radius 1 is 1.33 bits per heavy atom. The third-order valence-corrected chi connectivity index (χ3v) is 4.30. The molecule has 0 aliphatic carbocycles. The summed E-state index contributed by atoms with van der Waals surface area (Å²) in [5.41, 5.74) is 3.28. The molecule has 1 aromatic carbocycles.